The number of nitrogens with zero attached hydrogens (tertiary/aromatic N) is 1. The highest BCUT2D eigenvalue weighted by molar-refractivity contribution is 9.10. The van der Waals surface area contributed by atoms with Crippen LogP contribution in [0.25, 0.3) is 0 Å². The lowest BCUT2D eigenvalue weighted by molar-refractivity contribution is -0.125. The Morgan fingerprint density at radius 1 is 1.38 bits per heavy atom. The smallest absolute Gasteiger partial charge is 0.254 e. The molecule has 3 rings (SSSR count). The molecular formula is C18H23BrN2O3. The van der Waals surface area contributed by atoms with E-state index in [0.717, 1.165) is 10.0 Å². The summed E-state index contributed by atoms with van der Waals surface area (Å²) in [7, 11) is 0. The molecule has 1 aromatic rings. The number of aliphatic hydroxyl groups is 1. The van der Waals surface area contributed by atoms with Gasteiger partial charge in [0.2, 0.25) is 5.91 Å². The molecule has 0 atom stereocenters. The summed E-state index contributed by atoms with van der Waals surface area (Å²) in [5, 5.41) is 12.6. The van der Waals surface area contributed by atoms with E-state index in [4.69, 9.17) is 0 Å². The standard InChI is InChI=1S/C18H23BrN2O3/c1-17(2)10-21(9-15(22)20-12-7-18(3,24)8-12)16(23)13-5-4-11(19)6-14(13)17/h4-6,12,24H,7-10H2,1-3H3,(H,20,22)/t12-,18-. The van der Waals surface area contributed by atoms with Gasteiger partial charge in [-0.25, -0.2) is 0 Å². The molecule has 0 aromatic heterocycles. The Labute approximate surface area is 150 Å². The number of benzene rings is 1. The third kappa shape index (κ3) is 3.35. The van der Waals surface area contributed by atoms with Gasteiger partial charge in [0.25, 0.3) is 5.91 Å². The molecule has 130 valence electrons. The molecule has 0 radical (unpaired) electrons. The fourth-order valence-corrected chi connectivity index (χ4v) is 4.11. The second-order valence-electron chi connectivity index (χ2n) is 7.90. The highest BCUT2D eigenvalue weighted by Crippen LogP contribution is 2.35. The summed E-state index contributed by atoms with van der Waals surface area (Å²) in [5.41, 5.74) is 0.781. The van der Waals surface area contributed by atoms with Crippen LogP contribution in [0.3, 0.4) is 0 Å². The zero-order valence-corrected chi connectivity index (χ0v) is 15.8. The Bertz CT molecular complexity index is 692. The SMILES string of the molecule is CC1(C)CN(CC(=O)N[C@H]2C[C@](C)(O)C2)C(=O)c2ccc(Br)cc21. The molecule has 1 aliphatic carbocycles. The van der Waals surface area contributed by atoms with Gasteiger partial charge < -0.3 is 15.3 Å². The molecule has 1 aromatic carbocycles. The normalized spacial score (nSPS) is 28.1. The summed E-state index contributed by atoms with van der Waals surface area (Å²) < 4.78 is 0.949. The van der Waals surface area contributed by atoms with Crippen molar-refractivity contribution in [3.8, 4) is 0 Å². The molecule has 1 fully saturated rings. The van der Waals surface area contributed by atoms with Gasteiger partial charge in [0.05, 0.1) is 12.1 Å². The molecule has 2 N–H and O–H groups in total. The van der Waals surface area contributed by atoms with Crippen LogP contribution in [0, 0.1) is 0 Å². The lowest BCUT2D eigenvalue weighted by Crippen LogP contribution is -2.56. The van der Waals surface area contributed by atoms with Crippen LogP contribution in [0.1, 0.15) is 49.5 Å². The van der Waals surface area contributed by atoms with Crippen molar-refractivity contribution in [1.82, 2.24) is 10.2 Å². The Morgan fingerprint density at radius 2 is 2.04 bits per heavy atom. The first kappa shape index (κ1) is 17.4. The summed E-state index contributed by atoms with van der Waals surface area (Å²) in [6.45, 7) is 6.49. The minimum Gasteiger partial charge on any atom is -0.390 e. The number of fused-ring (bicyclic) bond motifs is 1. The Hall–Kier alpha value is -1.40. The van der Waals surface area contributed by atoms with Gasteiger partial charge in [-0.2, -0.15) is 0 Å². The van der Waals surface area contributed by atoms with Crippen molar-refractivity contribution in [2.45, 2.75) is 50.7 Å². The minimum absolute atomic E-state index is 0.00337. The Morgan fingerprint density at radius 3 is 2.67 bits per heavy atom. The molecule has 5 nitrogen and oxygen atoms in total. The molecule has 1 aliphatic heterocycles. The van der Waals surface area contributed by atoms with Gasteiger partial charge in [-0.3, -0.25) is 9.59 Å². The highest BCUT2D eigenvalue weighted by atomic mass is 79.9. The molecule has 0 unspecified atom stereocenters. The molecule has 0 spiro atoms. The summed E-state index contributed by atoms with van der Waals surface area (Å²) in [4.78, 5) is 26.6. The first-order valence-electron chi connectivity index (χ1n) is 8.18. The number of hydrogen-bond acceptors (Lipinski definition) is 3. The zero-order chi connectivity index (χ0) is 17.7. The van der Waals surface area contributed by atoms with Crippen LogP contribution >= 0.6 is 15.9 Å². The van der Waals surface area contributed by atoms with Crippen molar-refractivity contribution in [1.29, 1.82) is 0 Å². The first-order valence-corrected chi connectivity index (χ1v) is 8.98. The van der Waals surface area contributed by atoms with E-state index in [1.807, 2.05) is 18.2 Å². The van der Waals surface area contributed by atoms with Crippen LogP contribution in [-0.4, -0.2) is 46.6 Å². The van der Waals surface area contributed by atoms with E-state index >= 15 is 0 Å². The van der Waals surface area contributed by atoms with Gasteiger partial charge in [0.15, 0.2) is 0 Å². The predicted molar refractivity (Wildman–Crippen MR) is 94.9 cm³/mol. The van der Waals surface area contributed by atoms with Crippen LogP contribution in [-0.2, 0) is 10.2 Å². The monoisotopic (exact) mass is 394 g/mol. The van der Waals surface area contributed by atoms with E-state index in [1.54, 1.807) is 11.8 Å². The lowest BCUT2D eigenvalue weighted by Gasteiger charge is -2.42. The second-order valence-corrected chi connectivity index (χ2v) is 8.82. The Balaban J connectivity index is 1.70. The topological polar surface area (TPSA) is 69.6 Å². The third-order valence-corrected chi connectivity index (χ3v) is 5.38. The van der Waals surface area contributed by atoms with E-state index in [1.165, 1.54) is 0 Å². The van der Waals surface area contributed by atoms with E-state index < -0.39 is 5.60 Å². The van der Waals surface area contributed by atoms with E-state index in [0.29, 0.717) is 24.9 Å². The average Bonchev–Trinajstić information content (AvgIpc) is 2.42. The molecule has 24 heavy (non-hydrogen) atoms. The van der Waals surface area contributed by atoms with Crippen molar-refractivity contribution in [2.24, 2.45) is 0 Å². The number of hydrogen-bond donors (Lipinski definition) is 2. The highest BCUT2D eigenvalue weighted by Gasteiger charge is 2.40. The lowest BCUT2D eigenvalue weighted by atomic mass is 9.77. The van der Waals surface area contributed by atoms with Crippen LogP contribution < -0.4 is 5.32 Å². The van der Waals surface area contributed by atoms with Crippen LogP contribution in [0.5, 0.6) is 0 Å². The van der Waals surface area contributed by atoms with Gasteiger partial charge in [0.1, 0.15) is 0 Å². The average molecular weight is 395 g/mol. The minimum atomic E-state index is -0.673. The Kier molecular flexibility index (Phi) is 4.24. The molecule has 1 heterocycles. The van der Waals surface area contributed by atoms with Crippen LogP contribution in [0.4, 0.5) is 0 Å². The largest absolute Gasteiger partial charge is 0.390 e. The van der Waals surface area contributed by atoms with Crippen molar-refractivity contribution in [3.63, 3.8) is 0 Å². The molecule has 2 aliphatic rings. The molecule has 0 bridgehead atoms. The quantitative estimate of drug-likeness (QED) is 0.825. The molecule has 0 saturated heterocycles. The summed E-state index contributed by atoms with van der Waals surface area (Å²) >= 11 is 3.46. The van der Waals surface area contributed by atoms with Crippen molar-refractivity contribution < 1.29 is 14.7 Å². The number of carbonyl (C=O) groups excluding carboxylic acids is 2. The number of carbonyl (C=O) groups is 2. The molecule has 2 amide bonds. The summed E-state index contributed by atoms with van der Waals surface area (Å²) in [6.07, 6.45) is 1.13. The molecule has 6 heteroatoms. The van der Waals surface area contributed by atoms with Crippen LogP contribution in [0.2, 0.25) is 0 Å². The zero-order valence-electron chi connectivity index (χ0n) is 14.2. The predicted octanol–water partition coefficient (Wildman–Crippen LogP) is 2.21. The number of amides is 2. The van der Waals surface area contributed by atoms with Crippen molar-refractivity contribution >= 4 is 27.7 Å². The first-order chi connectivity index (χ1) is 11.1. The second kappa shape index (κ2) is 5.85. The van der Waals surface area contributed by atoms with Gasteiger partial charge >= 0.3 is 0 Å². The van der Waals surface area contributed by atoms with Gasteiger partial charge in [-0.1, -0.05) is 29.8 Å². The summed E-state index contributed by atoms with van der Waals surface area (Å²) in [5.74, 6) is -0.271. The van der Waals surface area contributed by atoms with Crippen molar-refractivity contribution in [2.75, 3.05) is 13.1 Å². The fraction of sp³-hybridized carbons (Fsp3) is 0.556. The number of halogens is 1. The maximum Gasteiger partial charge on any atom is 0.254 e. The molecular weight excluding hydrogens is 372 g/mol. The third-order valence-electron chi connectivity index (χ3n) is 4.89. The maximum atomic E-state index is 12.7. The van der Waals surface area contributed by atoms with Crippen LogP contribution in [0.15, 0.2) is 22.7 Å². The number of rotatable bonds is 3. The fourth-order valence-electron chi connectivity index (χ4n) is 3.75. The van der Waals surface area contributed by atoms with E-state index in [9.17, 15) is 14.7 Å². The maximum absolute atomic E-state index is 12.7. The van der Waals surface area contributed by atoms with Crippen molar-refractivity contribution in [3.05, 3.63) is 33.8 Å². The van der Waals surface area contributed by atoms with Gasteiger partial charge in [-0.05, 0) is 43.5 Å². The summed E-state index contributed by atoms with van der Waals surface area (Å²) in [6, 6.07) is 5.66. The van der Waals surface area contributed by atoms with Gasteiger partial charge in [0, 0.05) is 28.0 Å². The van der Waals surface area contributed by atoms with E-state index in [-0.39, 0.29) is 29.8 Å². The number of nitrogens with one attached hydrogen (secondary N) is 1. The van der Waals surface area contributed by atoms with Gasteiger partial charge in [-0.15, -0.1) is 0 Å². The molecule has 1 saturated carbocycles. The van der Waals surface area contributed by atoms with E-state index in [2.05, 4.69) is 35.1 Å².